The van der Waals surface area contributed by atoms with E-state index in [-0.39, 0.29) is 0 Å². The molecule has 2 rings (SSSR count). The molecule has 0 saturated heterocycles. The minimum Gasteiger partial charge on any atom is -0.439 e. The standard InChI is InChI=1S/C17H23N3O/c1-5-18-13(2)14-9-10-17(19-12-14)21-16-8-6-7-15(11-16)20(3)4/h6-13,18H,5H2,1-4H3. The second kappa shape index (κ2) is 7.09. The highest BCUT2D eigenvalue weighted by molar-refractivity contribution is 5.50. The summed E-state index contributed by atoms with van der Waals surface area (Å²) in [4.78, 5) is 6.42. The van der Waals surface area contributed by atoms with Gasteiger partial charge in [0.05, 0.1) is 0 Å². The molecule has 1 N–H and O–H groups in total. The van der Waals surface area contributed by atoms with Crippen molar-refractivity contribution < 1.29 is 4.74 Å². The van der Waals surface area contributed by atoms with Crippen LogP contribution in [0.15, 0.2) is 42.6 Å². The van der Waals surface area contributed by atoms with Crippen LogP contribution in [0.3, 0.4) is 0 Å². The van der Waals surface area contributed by atoms with Crippen LogP contribution in [0.4, 0.5) is 5.69 Å². The lowest BCUT2D eigenvalue weighted by Gasteiger charge is -2.14. The van der Waals surface area contributed by atoms with E-state index in [2.05, 4.69) is 24.1 Å². The van der Waals surface area contributed by atoms with E-state index in [1.807, 2.05) is 61.6 Å². The van der Waals surface area contributed by atoms with E-state index in [0.717, 1.165) is 23.5 Å². The highest BCUT2D eigenvalue weighted by atomic mass is 16.5. The number of hydrogen-bond acceptors (Lipinski definition) is 4. The molecule has 0 amide bonds. The van der Waals surface area contributed by atoms with Crippen molar-refractivity contribution in [2.75, 3.05) is 25.5 Å². The van der Waals surface area contributed by atoms with Crippen LogP contribution in [0.25, 0.3) is 0 Å². The second-order valence-corrected chi connectivity index (χ2v) is 5.20. The van der Waals surface area contributed by atoms with Crippen LogP contribution >= 0.6 is 0 Å². The third-order valence-electron chi connectivity index (χ3n) is 3.33. The Hall–Kier alpha value is -2.07. The lowest BCUT2D eigenvalue weighted by atomic mass is 10.1. The normalized spacial score (nSPS) is 12.0. The molecule has 4 nitrogen and oxygen atoms in total. The van der Waals surface area contributed by atoms with E-state index in [4.69, 9.17) is 4.74 Å². The summed E-state index contributed by atoms with van der Waals surface area (Å²) in [6, 6.07) is 12.2. The SMILES string of the molecule is CCNC(C)c1ccc(Oc2cccc(N(C)C)c2)nc1. The van der Waals surface area contributed by atoms with Crippen LogP contribution < -0.4 is 15.0 Å². The Morgan fingerprint density at radius 2 is 2.05 bits per heavy atom. The number of rotatable bonds is 6. The van der Waals surface area contributed by atoms with Gasteiger partial charge in [0.15, 0.2) is 0 Å². The van der Waals surface area contributed by atoms with Crippen molar-refractivity contribution in [1.29, 1.82) is 0 Å². The van der Waals surface area contributed by atoms with Gasteiger partial charge in [0, 0.05) is 44.2 Å². The number of nitrogens with one attached hydrogen (secondary N) is 1. The fraction of sp³-hybridized carbons (Fsp3) is 0.353. The van der Waals surface area contributed by atoms with Crippen LogP contribution in [-0.4, -0.2) is 25.6 Å². The number of pyridine rings is 1. The first-order chi connectivity index (χ1) is 10.1. The molecule has 112 valence electrons. The zero-order valence-corrected chi connectivity index (χ0v) is 13.1. The zero-order chi connectivity index (χ0) is 15.2. The maximum atomic E-state index is 5.81. The third-order valence-corrected chi connectivity index (χ3v) is 3.33. The molecule has 1 unspecified atom stereocenters. The summed E-state index contributed by atoms with van der Waals surface area (Å²) in [6.45, 7) is 5.16. The molecule has 0 spiro atoms. The fourth-order valence-electron chi connectivity index (χ4n) is 2.08. The van der Waals surface area contributed by atoms with E-state index in [1.54, 1.807) is 0 Å². The van der Waals surface area contributed by atoms with Crippen molar-refractivity contribution in [1.82, 2.24) is 10.3 Å². The fourth-order valence-corrected chi connectivity index (χ4v) is 2.08. The van der Waals surface area contributed by atoms with Gasteiger partial charge in [-0.05, 0) is 31.2 Å². The number of hydrogen-bond donors (Lipinski definition) is 1. The molecule has 0 bridgehead atoms. The van der Waals surface area contributed by atoms with Gasteiger partial charge in [0.25, 0.3) is 0 Å². The van der Waals surface area contributed by atoms with Gasteiger partial charge in [-0.2, -0.15) is 0 Å². The van der Waals surface area contributed by atoms with E-state index < -0.39 is 0 Å². The van der Waals surface area contributed by atoms with Crippen molar-refractivity contribution in [2.45, 2.75) is 19.9 Å². The third kappa shape index (κ3) is 4.20. The highest BCUT2D eigenvalue weighted by Crippen LogP contribution is 2.24. The Morgan fingerprint density at radius 3 is 2.67 bits per heavy atom. The predicted molar refractivity (Wildman–Crippen MR) is 87.2 cm³/mol. The molecule has 0 aliphatic heterocycles. The van der Waals surface area contributed by atoms with Crippen LogP contribution in [0.5, 0.6) is 11.6 Å². The zero-order valence-electron chi connectivity index (χ0n) is 13.1. The van der Waals surface area contributed by atoms with Gasteiger partial charge in [0.1, 0.15) is 5.75 Å². The number of nitrogens with zero attached hydrogens (tertiary/aromatic N) is 2. The smallest absolute Gasteiger partial charge is 0.219 e. The molecule has 21 heavy (non-hydrogen) atoms. The molecule has 1 aromatic heterocycles. The lowest BCUT2D eigenvalue weighted by molar-refractivity contribution is 0.461. The number of anilines is 1. The number of benzene rings is 1. The maximum absolute atomic E-state index is 5.81. The Labute approximate surface area is 126 Å². The monoisotopic (exact) mass is 285 g/mol. The number of aromatic nitrogens is 1. The van der Waals surface area contributed by atoms with Gasteiger partial charge in [-0.1, -0.05) is 19.1 Å². The average molecular weight is 285 g/mol. The largest absolute Gasteiger partial charge is 0.439 e. The van der Waals surface area contributed by atoms with Crippen LogP contribution in [0, 0.1) is 0 Å². The summed E-state index contributed by atoms with van der Waals surface area (Å²) in [7, 11) is 4.02. The van der Waals surface area contributed by atoms with Crippen molar-refractivity contribution in [3.8, 4) is 11.6 Å². The molecular formula is C17H23N3O. The minimum absolute atomic E-state index is 0.300. The number of ether oxygens (including phenoxy) is 1. The molecule has 1 atom stereocenters. The van der Waals surface area contributed by atoms with E-state index in [1.165, 1.54) is 0 Å². The van der Waals surface area contributed by atoms with Gasteiger partial charge in [-0.3, -0.25) is 0 Å². The van der Waals surface area contributed by atoms with Crippen molar-refractivity contribution in [3.05, 3.63) is 48.2 Å². The van der Waals surface area contributed by atoms with Gasteiger partial charge < -0.3 is 15.0 Å². The summed E-state index contributed by atoms with van der Waals surface area (Å²) in [5, 5.41) is 3.36. The topological polar surface area (TPSA) is 37.4 Å². The highest BCUT2D eigenvalue weighted by Gasteiger charge is 2.05. The predicted octanol–water partition coefficient (Wildman–Crippen LogP) is 3.61. The molecule has 0 aliphatic rings. The van der Waals surface area contributed by atoms with Gasteiger partial charge in [-0.15, -0.1) is 0 Å². The Bertz CT molecular complexity index is 567. The molecule has 1 aromatic carbocycles. The molecule has 4 heteroatoms. The Morgan fingerprint density at radius 1 is 1.24 bits per heavy atom. The Balaban J connectivity index is 2.08. The maximum Gasteiger partial charge on any atom is 0.219 e. The van der Waals surface area contributed by atoms with Gasteiger partial charge in [-0.25, -0.2) is 4.98 Å². The Kier molecular flexibility index (Phi) is 5.17. The first kappa shape index (κ1) is 15.3. The first-order valence-electron chi connectivity index (χ1n) is 7.24. The van der Waals surface area contributed by atoms with Crippen LogP contribution in [0.1, 0.15) is 25.5 Å². The van der Waals surface area contributed by atoms with E-state index in [0.29, 0.717) is 11.9 Å². The molecule has 2 aromatic rings. The van der Waals surface area contributed by atoms with E-state index in [9.17, 15) is 0 Å². The summed E-state index contributed by atoms with van der Waals surface area (Å²) in [5.74, 6) is 1.40. The minimum atomic E-state index is 0.300. The van der Waals surface area contributed by atoms with E-state index >= 15 is 0 Å². The summed E-state index contributed by atoms with van der Waals surface area (Å²) in [6.07, 6.45) is 1.86. The van der Waals surface area contributed by atoms with Crippen molar-refractivity contribution >= 4 is 5.69 Å². The molecule has 0 saturated carbocycles. The van der Waals surface area contributed by atoms with Crippen molar-refractivity contribution in [3.63, 3.8) is 0 Å². The van der Waals surface area contributed by atoms with Gasteiger partial charge >= 0.3 is 0 Å². The molecular weight excluding hydrogens is 262 g/mol. The van der Waals surface area contributed by atoms with Gasteiger partial charge in [0.2, 0.25) is 5.88 Å². The average Bonchev–Trinajstić information content (AvgIpc) is 2.48. The molecule has 0 fully saturated rings. The summed E-state index contributed by atoms with van der Waals surface area (Å²) >= 11 is 0. The lowest BCUT2D eigenvalue weighted by Crippen LogP contribution is -2.17. The van der Waals surface area contributed by atoms with Crippen molar-refractivity contribution in [2.24, 2.45) is 0 Å². The summed E-state index contributed by atoms with van der Waals surface area (Å²) < 4.78 is 5.81. The quantitative estimate of drug-likeness (QED) is 0.879. The molecule has 1 heterocycles. The van der Waals surface area contributed by atoms with Crippen LogP contribution in [-0.2, 0) is 0 Å². The first-order valence-corrected chi connectivity index (χ1v) is 7.24. The molecule has 0 radical (unpaired) electrons. The van der Waals surface area contributed by atoms with Crippen LogP contribution in [0.2, 0.25) is 0 Å². The molecule has 0 aliphatic carbocycles. The summed E-state index contributed by atoms with van der Waals surface area (Å²) in [5.41, 5.74) is 2.26. The second-order valence-electron chi connectivity index (χ2n) is 5.20.